The van der Waals surface area contributed by atoms with Gasteiger partial charge in [-0.1, -0.05) is 50.7 Å². The first-order valence-corrected chi connectivity index (χ1v) is 10.6. The number of carbonyl (C=O) groups excluding carboxylic acids is 2. The van der Waals surface area contributed by atoms with Gasteiger partial charge >= 0.3 is 0 Å². The minimum atomic E-state index is -0.361. The topological polar surface area (TPSA) is 58.2 Å². The number of anilines is 2. The fraction of sp³-hybridized carbons (Fsp3) is 0.417. The highest BCUT2D eigenvalue weighted by atomic mass is 19.1. The van der Waals surface area contributed by atoms with E-state index in [4.69, 9.17) is 0 Å². The molecule has 0 aliphatic rings. The highest BCUT2D eigenvalue weighted by Crippen LogP contribution is 2.14. The van der Waals surface area contributed by atoms with Gasteiger partial charge in [0.25, 0.3) is 0 Å². The molecule has 0 spiro atoms. The molecule has 0 saturated carbocycles. The van der Waals surface area contributed by atoms with E-state index in [9.17, 15) is 18.4 Å². The highest BCUT2D eigenvalue weighted by Gasteiger charge is 2.04. The van der Waals surface area contributed by atoms with Crippen molar-refractivity contribution in [2.24, 2.45) is 0 Å². The van der Waals surface area contributed by atoms with Gasteiger partial charge in [-0.05, 0) is 49.2 Å². The lowest BCUT2D eigenvalue weighted by molar-refractivity contribution is -0.117. The van der Waals surface area contributed by atoms with Gasteiger partial charge in [-0.25, -0.2) is 8.78 Å². The molecule has 162 valence electrons. The second kappa shape index (κ2) is 13.5. The summed E-state index contributed by atoms with van der Waals surface area (Å²) in [5.41, 5.74) is 0.981. The number of nitrogens with one attached hydrogen (secondary N) is 2. The van der Waals surface area contributed by atoms with Crippen LogP contribution in [0.2, 0.25) is 0 Å². The fourth-order valence-electron chi connectivity index (χ4n) is 3.21. The van der Waals surface area contributed by atoms with E-state index < -0.39 is 0 Å². The molecule has 4 nitrogen and oxygen atoms in total. The molecule has 0 saturated heterocycles. The van der Waals surface area contributed by atoms with Crippen molar-refractivity contribution in [1.82, 2.24) is 0 Å². The number of rotatable bonds is 13. The lowest BCUT2D eigenvalue weighted by Gasteiger charge is -2.06. The largest absolute Gasteiger partial charge is 0.326 e. The Morgan fingerprint density at radius 2 is 0.967 bits per heavy atom. The minimum absolute atomic E-state index is 0.0860. The molecular formula is C24H30F2N2O2. The van der Waals surface area contributed by atoms with Crippen LogP contribution in [0.15, 0.2) is 48.5 Å². The standard InChI is InChI=1S/C24H30F2N2O2/c25-19-11-9-13-21(17-19)27-23(29)15-7-5-3-1-2-4-6-8-16-24(30)28-22-14-10-12-20(26)18-22/h9-14,17-18H,1-8,15-16H2,(H,27,29)(H,28,30). The lowest BCUT2D eigenvalue weighted by atomic mass is 10.1. The number of benzene rings is 2. The van der Waals surface area contributed by atoms with Gasteiger partial charge in [0.1, 0.15) is 11.6 Å². The van der Waals surface area contributed by atoms with Crippen LogP contribution in [0.5, 0.6) is 0 Å². The molecule has 2 aromatic carbocycles. The van der Waals surface area contributed by atoms with E-state index in [2.05, 4.69) is 10.6 Å². The van der Waals surface area contributed by atoms with E-state index in [0.29, 0.717) is 24.2 Å². The molecule has 0 aromatic heterocycles. The van der Waals surface area contributed by atoms with Crippen molar-refractivity contribution < 1.29 is 18.4 Å². The second-order valence-corrected chi connectivity index (χ2v) is 7.45. The maximum Gasteiger partial charge on any atom is 0.224 e. The lowest BCUT2D eigenvalue weighted by Crippen LogP contribution is -2.11. The Labute approximate surface area is 177 Å². The van der Waals surface area contributed by atoms with Crippen LogP contribution >= 0.6 is 0 Å². The first-order valence-electron chi connectivity index (χ1n) is 10.6. The average Bonchev–Trinajstić information content (AvgIpc) is 2.69. The third-order valence-corrected chi connectivity index (χ3v) is 4.77. The van der Waals surface area contributed by atoms with Crippen LogP contribution in [0.25, 0.3) is 0 Å². The molecule has 2 amide bonds. The third-order valence-electron chi connectivity index (χ3n) is 4.77. The third kappa shape index (κ3) is 10.1. The summed E-state index contributed by atoms with van der Waals surface area (Å²) in [5, 5.41) is 5.41. The SMILES string of the molecule is O=C(CCCCCCCCCCC(=O)Nc1cccc(F)c1)Nc1cccc(F)c1. The predicted molar refractivity (Wildman–Crippen MR) is 116 cm³/mol. The van der Waals surface area contributed by atoms with Crippen LogP contribution in [0.3, 0.4) is 0 Å². The summed E-state index contributed by atoms with van der Waals surface area (Å²) >= 11 is 0. The molecule has 2 N–H and O–H groups in total. The van der Waals surface area contributed by atoms with Gasteiger partial charge in [-0.2, -0.15) is 0 Å². The van der Waals surface area contributed by atoms with Crippen molar-refractivity contribution in [3.63, 3.8) is 0 Å². The Balaban J connectivity index is 1.41. The van der Waals surface area contributed by atoms with Crippen molar-refractivity contribution in [3.8, 4) is 0 Å². The van der Waals surface area contributed by atoms with Gasteiger partial charge in [0.2, 0.25) is 11.8 Å². The molecule has 0 aliphatic carbocycles. The van der Waals surface area contributed by atoms with Crippen LogP contribution in [-0.4, -0.2) is 11.8 Å². The number of unbranched alkanes of at least 4 members (excludes halogenated alkanes) is 7. The summed E-state index contributed by atoms with van der Waals surface area (Å²) in [7, 11) is 0. The molecule has 30 heavy (non-hydrogen) atoms. The zero-order valence-electron chi connectivity index (χ0n) is 17.3. The number of amides is 2. The summed E-state index contributed by atoms with van der Waals surface area (Å²) in [6.07, 6.45) is 8.89. The molecule has 2 aromatic rings. The summed E-state index contributed by atoms with van der Waals surface area (Å²) in [4.78, 5) is 23.7. The molecule has 0 bridgehead atoms. The van der Waals surface area contributed by atoms with Gasteiger partial charge in [-0.3, -0.25) is 9.59 Å². The van der Waals surface area contributed by atoms with Crippen molar-refractivity contribution >= 4 is 23.2 Å². The van der Waals surface area contributed by atoms with Gasteiger partial charge in [0, 0.05) is 24.2 Å². The zero-order chi connectivity index (χ0) is 21.6. The molecule has 0 radical (unpaired) electrons. The van der Waals surface area contributed by atoms with Crippen molar-refractivity contribution in [1.29, 1.82) is 0 Å². The van der Waals surface area contributed by atoms with E-state index in [0.717, 1.165) is 51.4 Å². The number of carbonyl (C=O) groups is 2. The van der Waals surface area contributed by atoms with Crippen LogP contribution in [0.4, 0.5) is 20.2 Å². The summed E-state index contributed by atoms with van der Waals surface area (Å²) in [6.45, 7) is 0. The van der Waals surface area contributed by atoms with Gasteiger partial charge < -0.3 is 10.6 Å². The Morgan fingerprint density at radius 1 is 0.600 bits per heavy atom. The summed E-state index contributed by atoms with van der Waals surface area (Å²) in [5.74, 6) is -0.894. The molecule has 0 unspecified atom stereocenters. The number of hydrogen-bond donors (Lipinski definition) is 2. The molecule has 0 atom stereocenters. The van der Waals surface area contributed by atoms with Gasteiger partial charge in [0.05, 0.1) is 0 Å². The highest BCUT2D eigenvalue weighted by molar-refractivity contribution is 5.91. The van der Waals surface area contributed by atoms with Gasteiger partial charge in [-0.15, -0.1) is 0 Å². The van der Waals surface area contributed by atoms with Crippen molar-refractivity contribution in [2.45, 2.75) is 64.2 Å². The fourth-order valence-corrected chi connectivity index (χ4v) is 3.21. The Morgan fingerprint density at radius 3 is 1.33 bits per heavy atom. The maximum atomic E-state index is 13.1. The molecule has 2 rings (SSSR count). The summed E-state index contributed by atoms with van der Waals surface area (Å²) in [6, 6.07) is 11.8. The van der Waals surface area contributed by atoms with Crippen molar-refractivity contribution in [2.75, 3.05) is 10.6 Å². The van der Waals surface area contributed by atoms with Crippen LogP contribution in [-0.2, 0) is 9.59 Å². The molecule has 6 heteroatoms. The average molecular weight is 417 g/mol. The smallest absolute Gasteiger partial charge is 0.224 e. The van der Waals surface area contributed by atoms with E-state index in [1.54, 1.807) is 24.3 Å². The second-order valence-electron chi connectivity index (χ2n) is 7.45. The summed E-state index contributed by atoms with van der Waals surface area (Å²) < 4.78 is 26.2. The van der Waals surface area contributed by atoms with E-state index in [1.165, 1.54) is 24.3 Å². The van der Waals surface area contributed by atoms with E-state index >= 15 is 0 Å². The Hall–Kier alpha value is -2.76. The van der Waals surface area contributed by atoms with E-state index in [-0.39, 0.29) is 23.4 Å². The van der Waals surface area contributed by atoms with E-state index in [1.807, 2.05) is 0 Å². The quantitative estimate of drug-likeness (QED) is 0.369. The Bertz CT molecular complexity index is 744. The van der Waals surface area contributed by atoms with Crippen LogP contribution in [0, 0.1) is 11.6 Å². The predicted octanol–water partition coefficient (Wildman–Crippen LogP) is 6.44. The minimum Gasteiger partial charge on any atom is -0.326 e. The molecule has 0 fully saturated rings. The maximum absolute atomic E-state index is 13.1. The molecular weight excluding hydrogens is 386 g/mol. The van der Waals surface area contributed by atoms with Gasteiger partial charge in [0.15, 0.2) is 0 Å². The normalized spacial score (nSPS) is 10.6. The van der Waals surface area contributed by atoms with Crippen LogP contribution < -0.4 is 10.6 Å². The number of halogens is 2. The zero-order valence-corrected chi connectivity index (χ0v) is 17.3. The molecule has 0 heterocycles. The first kappa shape index (κ1) is 23.5. The molecule has 0 aliphatic heterocycles. The monoisotopic (exact) mass is 416 g/mol. The first-order chi connectivity index (χ1) is 14.5. The van der Waals surface area contributed by atoms with Crippen molar-refractivity contribution in [3.05, 3.63) is 60.2 Å². The van der Waals surface area contributed by atoms with Crippen LogP contribution in [0.1, 0.15) is 64.2 Å². The number of hydrogen-bond acceptors (Lipinski definition) is 2. The Kier molecular flexibility index (Phi) is 10.6.